The molecule has 1 atom stereocenters. The smallest absolute Gasteiger partial charge is 0.295 e. The van der Waals surface area contributed by atoms with E-state index in [0.717, 1.165) is 16.7 Å². The lowest BCUT2D eigenvalue weighted by atomic mass is 9.85. The van der Waals surface area contributed by atoms with Gasteiger partial charge < -0.3 is 14.7 Å². The molecule has 1 heterocycles. The number of hydrogen-bond acceptors (Lipinski definition) is 4. The highest BCUT2D eigenvalue weighted by molar-refractivity contribution is 6.46. The van der Waals surface area contributed by atoms with Crippen molar-refractivity contribution in [2.45, 2.75) is 52.5 Å². The van der Waals surface area contributed by atoms with Crippen molar-refractivity contribution in [1.29, 1.82) is 0 Å². The number of likely N-dealkylation sites (tertiary alicyclic amines) is 1. The maximum Gasteiger partial charge on any atom is 0.295 e. The number of halogens is 1. The monoisotopic (exact) mass is 455 g/mol. The first kappa shape index (κ1) is 23.9. The van der Waals surface area contributed by atoms with Gasteiger partial charge in [-0.15, -0.1) is 0 Å². The second-order valence-corrected chi connectivity index (χ2v) is 9.60. The topological polar surface area (TPSA) is 66.8 Å². The Kier molecular flexibility index (Phi) is 6.70. The number of aryl methyl sites for hydroxylation is 1. The first-order valence-electron chi connectivity index (χ1n) is 10.7. The lowest BCUT2D eigenvalue weighted by Crippen LogP contribution is -2.30. The van der Waals surface area contributed by atoms with Gasteiger partial charge in [-0.05, 0) is 47.6 Å². The van der Waals surface area contributed by atoms with E-state index in [9.17, 15) is 14.7 Å². The molecule has 1 N–H and O–H groups in total. The van der Waals surface area contributed by atoms with Gasteiger partial charge in [0.2, 0.25) is 0 Å². The molecule has 0 aliphatic carbocycles. The van der Waals surface area contributed by atoms with Crippen molar-refractivity contribution >= 4 is 29.1 Å². The summed E-state index contributed by atoms with van der Waals surface area (Å²) in [5.41, 5.74) is 3.02. The van der Waals surface area contributed by atoms with Crippen LogP contribution in [0.15, 0.2) is 42.0 Å². The van der Waals surface area contributed by atoms with Crippen molar-refractivity contribution in [3.63, 3.8) is 0 Å². The predicted octanol–water partition coefficient (Wildman–Crippen LogP) is 5.79. The van der Waals surface area contributed by atoms with Crippen LogP contribution in [0.3, 0.4) is 0 Å². The molecule has 3 rings (SSSR count). The van der Waals surface area contributed by atoms with E-state index in [1.54, 1.807) is 12.1 Å². The van der Waals surface area contributed by atoms with Gasteiger partial charge in [0.15, 0.2) is 0 Å². The summed E-state index contributed by atoms with van der Waals surface area (Å²) in [6, 6.07) is 10.6. The number of methoxy groups -OCH3 is 1. The summed E-state index contributed by atoms with van der Waals surface area (Å²) in [6.45, 7) is 10.6. The fourth-order valence-corrected chi connectivity index (χ4v) is 4.47. The second-order valence-electron chi connectivity index (χ2n) is 9.19. The Bertz CT molecular complexity index is 1080. The molecular formula is C26H30ClNO4. The molecule has 1 aliphatic rings. The highest BCUT2D eigenvalue weighted by Gasteiger charge is 2.46. The Labute approximate surface area is 194 Å². The zero-order chi connectivity index (χ0) is 23.8. The van der Waals surface area contributed by atoms with Gasteiger partial charge in [-0.2, -0.15) is 0 Å². The number of amides is 1. The molecule has 2 aromatic carbocycles. The Hall–Kier alpha value is -2.79. The van der Waals surface area contributed by atoms with E-state index < -0.39 is 17.7 Å². The van der Waals surface area contributed by atoms with Gasteiger partial charge >= 0.3 is 0 Å². The molecule has 5 nitrogen and oxygen atoms in total. The average molecular weight is 456 g/mol. The predicted molar refractivity (Wildman–Crippen MR) is 127 cm³/mol. The Morgan fingerprint density at radius 2 is 1.78 bits per heavy atom. The largest absolute Gasteiger partial charge is 0.507 e. The van der Waals surface area contributed by atoms with Crippen LogP contribution in [0.2, 0.25) is 5.02 Å². The van der Waals surface area contributed by atoms with Crippen molar-refractivity contribution in [1.82, 2.24) is 4.90 Å². The number of Topliss-reactive ketones (excluding diaryl/α,β-unsaturated/α-hetero) is 1. The summed E-state index contributed by atoms with van der Waals surface area (Å²) >= 11 is 6.32. The van der Waals surface area contributed by atoms with Crippen LogP contribution in [0, 0.1) is 6.92 Å². The fraction of sp³-hybridized carbons (Fsp3) is 0.385. The standard InChI is InChI=1S/C26H30ClNO4/c1-7-12-28-21(16-8-10-17(11-9-16)26(3,4)5)20(23(30)25(28)31)22(29)18-13-15(2)14-19(27)24(18)32-6/h8-11,13-14,21,29H,7,12H2,1-6H3/b22-20+. The molecule has 0 spiro atoms. The Morgan fingerprint density at radius 1 is 1.16 bits per heavy atom. The molecular weight excluding hydrogens is 426 g/mol. The molecule has 0 aromatic heterocycles. The highest BCUT2D eigenvalue weighted by atomic mass is 35.5. The molecule has 0 radical (unpaired) electrons. The van der Waals surface area contributed by atoms with Crippen LogP contribution in [-0.2, 0) is 15.0 Å². The number of rotatable bonds is 5. The molecule has 1 aliphatic heterocycles. The van der Waals surface area contributed by atoms with Gasteiger partial charge in [-0.3, -0.25) is 9.59 Å². The van der Waals surface area contributed by atoms with E-state index in [4.69, 9.17) is 16.3 Å². The van der Waals surface area contributed by atoms with E-state index in [2.05, 4.69) is 20.8 Å². The van der Waals surface area contributed by atoms with E-state index in [-0.39, 0.29) is 22.5 Å². The van der Waals surface area contributed by atoms with E-state index in [1.807, 2.05) is 38.1 Å². The van der Waals surface area contributed by atoms with Crippen molar-refractivity contribution < 1.29 is 19.4 Å². The lowest BCUT2D eigenvalue weighted by Gasteiger charge is -2.26. The number of aliphatic hydroxyl groups is 1. The molecule has 1 saturated heterocycles. The molecule has 6 heteroatoms. The molecule has 1 fully saturated rings. The molecule has 2 aromatic rings. The number of aliphatic hydroxyl groups excluding tert-OH is 1. The van der Waals surface area contributed by atoms with Gasteiger partial charge in [-0.25, -0.2) is 0 Å². The number of ether oxygens (including phenoxy) is 1. The van der Waals surface area contributed by atoms with Crippen LogP contribution < -0.4 is 4.74 Å². The number of benzene rings is 2. The zero-order valence-electron chi connectivity index (χ0n) is 19.5. The molecule has 170 valence electrons. The molecule has 32 heavy (non-hydrogen) atoms. The van der Waals surface area contributed by atoms with Crippen LogP contribution in [0.5, 0.6) is 5.75 Å². The summed E-state index contributed by atoms with van der Waals surface area (Å²) in [6.07, 6.45) is 0.684. The third-order valence-corrected chi connectivity index (χ3v) is 6.02. The van der Waals surface area contributed by atoms with Crippen LogP contribution in [0.1, 0.15) is 62.4 Å². The third kappa shape index (κ3) is 4.26. The number of ketones is 1. The third-order valence-electron chi connectivity index (χ3n) is 5.74. The summed E-state index contributed by atoms with van der Waals surface area (Å²) in [5, 5.41) is 11.6. The van der Waals surface area contributed by atoms with Crippen LogP contribution in [0.25, 0.3) is 5.76 Å². The summed E-state index contributed by atoms with van der Waals surface area (Å²) in [5.74, 6) is -1.34. The molecule has 0 saturated carbocycles. The summed E-state index contributed by atoms with van der Waals surface area (Å²) in [4.78, 5) is 27.5. The Balaban J connectivity index is 2.25. The SMILES string of the molecule is CCCN1C(=O)C(=O)/C(=C(/O)c2cc(C)cc(Cl)c2OC)C1c1ccc(C(C)(C)C)cc1. The van der Waals surface area contributed by atoms with Crippen molar-refractivity contribution in [3.8, 4) is 5.75 Å². The normalized spacial score (nSPS) is 18.3. The Morgan fingerprint density at radius 3 is 2.31 bits per heavy atom. The molecule has 0 bridgehead atoms. The van der Waals surface area contributed by atoms with Gasteiger partial charge in [0.05, 0.1) is 29.3 Å². The number of carbonyl (C=O) groups excluding carboxylic acids is 2. The zero-order valence-corrected chi connectivity index (χ0v) is 20.2. The van der Waals surface area contributed by atoms with Crippen molar-refractivity contribution in [2.24, 2.45) is 0 Å². The minimum atomic E-state index is -0.708. The second kappa shape index (κ2) is 8.99. The maximum absolute atomic E-state index is 13.1. The van der Waals surface area contributed by atoms with Crippen LogP contribution in [0.4, 0.5) is 0 Å². The van der Waals surface area contributed by atoms with Crippen LogP contribution in [-0.4, -0.2) is 35.4 Å². The quantitative estimate of drug-likeness (QED) is 0.352. The van der Waals surface area contributed by atoms with E-state index in [0.29, 0.717) is 23.6 Å². The number of hydrogen-bond donors (Lipinski definition) is 1. The highest BCUT2D eigenvalue weighted by Crippen LogP contribution is 2.43. The first-order valence-corrected chi connectivity index (χ1v) is 11.1. The molecule has 1 amide bonds. The first-order chi connectivity index (χ1) is 15.0. The lowest BCUT2D eigenvalue weighted by molar-refractivity contribution is -0.139. The van der Waals surface area contributed by atoms with Crippen molar-refractivity contribution in [3.05, 3.63) is 69.2 Å². The average Bonchev–Trinajstić information content (AvgIpc) is 2.97. The van der Waals surface area contributed by atoms with Crippen molar-refractivity contribution in [2.75, 3.05) is 13.7 Å². The summed E-state index contributed by atoms with van der Waals surface area (Å²) < 4.78 is 5.41. The summed E-state index contributed by atoms with van der Waals surface area (Å²) in [7, 11) is 1.45. The van der Waals surface area contributed by atoms with Gasteiger partial charge in [0, 0.05) is 6.54 Å². The maximum atomic E-state index is 13.1. The van der Waals surface area contributed by atoms with Gasteiger partial charge in [0.1, 0.15) is 11.5 Å². The van der Waals surface area contributed by atoms with E-state index in [1.165, 1.54) is 12.0 Å². The van der Waals surface area contributed by atoms with Crippen LogP contribution >= 0.6 is 11.6 Å². The number of carbonyl (C=O) groups is 2. The van der Waals surface area contributed by atoms with E-state index >= 15 is 0 Å². The molecule has 1 unspecified atom stereocenters. The number of nitrogens with zero attached hydrogens (tertiary/aromatic N) is 1. The minimum Gasteiger partial charge on any atom is -0.507 e. The van der Waals surface area contributed by atoms with Gasteiger partial charge in [0.25, 0.3) is 11.7 Å². The van der Waals surface area contributed by atoms with Gasteiger partial charge in [-0.1, -0.05) is 63.6 Å². The fourth-order valence-electron chi connectivity index (χ4n) is 4.12. The minimum absolute atomic E-state index is 0.0323.